The Morgan fingerprint density at radius 1 is 1.00 bits per heavy atom. The van der Waals surface area contributed by atoms with Gasteiger partial charge in [0.25, 0.3) is 0 Å². The topological polar surface area (TPSA) is 90.9 Å². The molecule has 0 aromatic carbocycles. The largest absolute Gasteiger partial charge is 0.401 e. The second-order valence-electron chi connectivity index (χ2n) is 5.64. The van der Waals surface area contributed by atoms with E-state index in [9.17, 15) is 9.13 Å². The van der Waals surface area contributed by atoms with Crippen molar-refractivity contribution < 1.29 is 21.6 Å². The van der Waals surface area contributed by atoms with Crippen molar-refractivity contribution in [3.05, 3.63) is 11.8 Å². The first-order chi connectivity index (χ1) is 14.3. The number of hydrogen-bond donors (Lipinski definition) is 0. The minimum Gasteiger partial charge on any atom is -0.341 e. The predicted molar refractivity (Wildman–Crippen MR) is 135 cm³/mol. The lowest BCUT2D eigenvalue weighted by atomic mass is 10.4. The molecule has 1 aromatic heterocycles. The molecule has 0 aliphatic carbocycles. The molecule has 1 atom stereocenters. The van der Waals surface area contributed by atoms with Crippen LogP contribution in [0.5, 0.6) is 0 Å². The Labute approximate surface area is 197 Å². The van der Waals surface area contributed by atoms with Gasteiger partial charge in [-0.1, -0.05) is 29.7 Å². The third kappa shape index (κ3) is 8.87. The lowest BCUT2D eigenvalue weighted by Gasteiger charge is -2.22. The van der Waals surface area contributed by atoms with Crippen molar-refractivity contribution in [2.24, 2.45) is 0 Å². The van der Waals surface area contributed by atoms with Gasteiger partial charge in [0.05, 0.1) is 12.3 Å². The van der Waals surface area contributed by atoms with Crippen LogP contribution in [0.4, 0.5) is 5.95 Å². The van der Waals surface area contributed by atoms with Crippen molar-refractivity contribution in [2.45, 2.75) is 39.9 Å². The highest BCUT2D eigenvalue weighted by atomic mass is 33.1. The van der Waals surface area contributed by atoms with Crippen molar-refractivity contribution in [3.63, 3.8) is 0 Å². The molecule has 1 heterocycles. The monoisotopic (exact) mass is 535 g/mol. The van der Waals surface area contributed by atoms with Crippen molar-refractivity contribution in [2.75, 3.05) is 42.9 Å². The molecule has 30 heavy (non-hydrogen) atoms. The Bertz CT molecular complexity index is 733. The first-order valence-electron chi connectivity index (χ1n) is 9.53. The molecule has 0 saturated carbocycles. The van der Waals surface area contributed by atoms with Gasteiger partial charge in [0.1, 0.15) is 0 Å². The molecule has 1 aromatic rings. The average Bonchev–Trinajstić information content (AvgIpc) is 2.72. The Hall–Kier alpha value is 0.620. The zero-order valence-corrected chi connectivity index (χ0v) is 23.3. The fourth-order valence-corrected chi connectivity index (χ4v) is 11.9. The van der Waals surface area contributed by atoms with Crippen molar-refractivity contribution in [3.8, 4) is 0 Å². The van der Waals surface area contributed by atoms with Gasteiger partial charge in [-0.05, 0) is 57.3 Å². The molecule has 0 aliphatic heterocycles. The second kappa shape index (κ2) is 14.7. The van der Waals surface area contributed by atoms with Crippen molar-refractivity contribution >= 4 is 71.6 Å². The van der Waals surface area contributed by atoms with Crippen LogP contribution in [0.15, 0.2) is 6.07 Å². The van der Waals surface area contributed by atoms with E-state index in [2.05, 4.69) is 9.97 Å². The maximum absolute atomic E-state index is 13.3. The summed E-state index contributed by atoms with van der Waals surface area (Å²) in [6.07, 6.45) is 4.25. The SMILES string of the molecule is CCCSP(=O)(OCC)SCc1cc(P(=O)(OSC)OSC)nc(N(CC)CC)n1. The Morgan fingerprint density at radius 2 is 1.63 bits per heavy atom. The molecule has 0 radical (unpaired) electrons. The Kier molecular flexibility index (Phi) is 14.0. The second-order valence-corrected chi connectivity index (χ2v) is 16.4. The summed E-state index contributed by atoms with van der Waals surface area (Å²) in [6, 6.07) is 1.61. The van der Waals surface area contributed by atoms with E-state index in [0.717, 1.165) is 36.3 Å². The Balaban J connectivity index is 3.31. The molecule has 1 rings (SSSR count). The lowest BCUT2D eigenvalue weighted by molar-refractivity contribution is 0.357. The van der Waals surface area contributed by atoms with Crippen LogP contribution in [0.25, 0.3) is 0 Å². The highest BCUT2D eigenvalue weighted by Gasteiger charge is 2.33. The molecule has 0 fully saturated rings. The molecule has 8 nitrogen and oxygen atoms in total. The molecule has 0 amide bonds. The third-order valence-corrected chi connectivity index (χ3v) is 14.7. The van der Waals surface area contributed by atoms with E-state index in [-0.39, 0.29) is 5.44 Å². The summed E-state index contributed by atoms with van der Waals surface area (Å²) in [5.41, 5.74) is 0.782. The minimum atomic E-state index is -3.65. The van der Waals surface area contributed by atoms with Gasteiger partial charge >= 0.3 is 13.4 Å². The molecule has 0 spiro atoms. The van der Waals surface area contributed by atoms with Gasteiger partial charge in [-0.3, -0.25) is 9.13 Å². The number of nitrogens with zero attached hydrogens (tertiary/aromatic N) is 3. The fraction of sp³-hybridized carbons (Fsp3) is 0.750. The van der Waals surface area contributed by atoms with Crippen LogP contribution in [-0.4, -0.2) is 47.9 Å². The quantitative estimate of drug-likeness (QED) is 0.177. The normalized spacial score (nSPS) is 13.9. The zero-order valence-electron chi connectivity index (χ0n) is 18.2. The van der Waals surface area contributed by atoms with E-state index < -0.39 is 13.4 Å². The summed E-state index contributed by atoms with van der Waals surface area (Å²) in [4.78, 5) is 11.0. The van der Waals surface area contributed by atoms with Crippen LogP contribution in [0.1, 0.15) is 39.8 Å². The molecule has 14 heteroatoms. The fourth-order valence-electron chi connectivity index (χ4n) is 2.23. The first kappa shape index (κ1) is 28.7. The first-order valence-corrected chi connectivity index (χ1v) is 18.2. The molecule has 0 saturated heterocycles. The highest BCUT2D eigenvalue weighted by Crippen LogP contribution is 2.70. The maximum atomic E-state index is 13.3. The predicted octanol–water partition coefficient (Wildman–Crippen LogP) is 6.25. The lowest BCUT2D eigenvalue weighted by Crippen LogP contribution is -2.27. The minimum absolute atomic E-state index is 0.186. The van der Waals surface area contributed by atoms with Gasteiger partial charge in [-0.25, -0.2) is 17.9 Å². The average molecular weight is 536 g/mol. The van der Waals surface area contributed by atoms with Gasteiger partial charge in [-0.2, -0.15) is 0 Å². The molecular weight excluding hydrogens is 504 g/mol. The zero-order chi connectivity index (χ0) is 22.6. The Morgan fingerprint density at radius 3 is 2.13 bits per heavy atom. The van der Waals surface area contributed by atoms with Gasteiger partial charge in [0, 0.05) is 37.1 Å². The van der Waals surface area contributed by atoms with Gasteiger partial charge in [-0.15, -0.1) is 0 Å². The summed E-state index contributed by atoms with van der Waals surface area (Å²) < 4.78 is 42.7. The smallest absolute Gasteiger partial charge is 0.341 e. The number of rotatable bonds is 16. The van der Waals surface area contributed by atoms with Gasteiger partial charge in [0.2, 0.25) is 5.95 Å². The number of anilines is 1. The van der Waals surface area contributed by atoms with Crippen LogP contribution < -0.4 is 10.3 Å². The summed E-state index contributed by atoms with van der Waals surface area (Å²) in [7, 11) is -3.65. The molecular formula is C16H31N3O5P2S4. The number of aromatic nitrogens is 2. The van der Waals surface area contributed by atoms with E-state index in [4.69, 9.17) is 12.5 Å². The van der Waals surface area contributed by atoms with Gasteiger partial charge in [0.15, 0.2) is 5.44 Å². The van der Waals surface area contributed by atoms with E-state index in [1.807, 2.05) is 32.6 Å². The number of hydrogen-bond acceptors (Lipinski definition) is 12. The molecule has 174 valence electrons. The van der Waals surface area contributed by atoms with Crippen LogP contribution in [-0.2, 0) is 27.3 Å². The van der Waals surface area contributed by atoms with Crippen molar-refractivity contribution in [1.29, 1.82) is 0 Å². The highest BCUT2D eigenvalue weighted by molar-refractivity contribution is 8.89. The summed E-state index contributed by atoms with van der Waals surface area (Å²) in [5.74, 6) is -1.39. The summed E-state index contributed by atoms with van der Waals surface area (Å²) in [5, 5.41) is 0. The van der Waals surface area contributed by atoms with Crippen molar-refractivity contribution in [1.82, 2.24) is 9.97 Å². The molecule has 0 aliphatic rings. The van der Waals surface area contributed by atoms with E-state index in [1.165, 1.54) is 22.8 Å². The third-order valence-electron chi connectivity index (χ3n) is 3.54. The van der Waals surface area contributed by atoms with Crippen LogP contribution >= 0.6 is 60.2 Å². The molecule has 0 N–H and O–H groups in total. The molecule has 0 bridgehead atoms. The van der Waals surface area contributed by atoms with E-state index in [1.54, 1.807) is 18.6 Å². The van der Waals surface area contributed by atoms with Crippen LogP contribution in [0, 0.1) is 0 Å². The maximum Gasteiger partial charge on any atom is 0.401 e. The summed E-state index contributed by atoms with van der Waals surface area (Å²) in [6.45, 7) is 9.61. The van der Waals surface area contributed by atoms with Crippen LogP contribution in [0.3, 0.4) is 0 Å². The van der Waals surface area contributed by atoms with Gasteiger partial charge < -0.3 is 9.42 Å². The van der Waals surface area contributed by atoms with Crippen LogP contribution in [0.2, 0.25) is 0 Å². The summed E-state index contributed by atoms with van der Waals surface area (Å²) >= 11 is 4.49. The molecule has 1 unspecified atom stereocenters. The standard InChI is InChI=1S/C16H31N3O5P2S4/c1-7-11-29-26(21,22-10-4)30-13-14-12-15(25(20,23-27-5)24-28-6)18-16(17-14)19(8-2)9-3/h12H,7-11,13H2,1-6H3. The van der Waals surface area contributed by atoms with E-state index in [0.29, 0.717) is 37.1 Å². The van der Waals surface area contributed by atoms with E-state index >= 15 is 0 Å².